The summed E-state index contributed by atoms with van der Waals surface area (Å²) >= 11 is 0. The zero-order valence-corrected chi connectivity index (χ0v) is 20.1. The fourth-order valence-electron chi connectivity index (χ4n) is 4.00. The monoisotopic (exact) mass is 355 g/mol. The molecule has 1 unspecified atom stereocenters. The van der Waals surface area contributed by atoms with Crippen molar-refractivity contribution < 1.29 is 0 Å². The molecule has 0 aliphatic carbocycles. The third-order valence-corrected chi connectivity index (χ3v) is 6.12. The molecule has 0 bridgehead atoms. The van der Waals surface area contributed by atoms with Gasteiger partial charge in [0, 0.05) is 16.3 Å². The van der Waals surface area contributed by atoms with Crippen LogP contribution in [-0.2, 0) is 0 Å². The molecule has 0 amide bonds. The highest BCUT2D eigenvalue weighted by molar-refractivity contribution is 6.15. The van der Waals surface area contributed by atoms with E-state index < -0.39 is 0 Å². The molecule has 0 heterocycles. The van der Waals surface area contributed by atoms with E-state index in [-0.39, 0.29) is 0 Å². The van der Waals surface area contributed by atoms with Gasteiger partial charge in [-0.05, 0) is 25.6 Å². The predicted octanol–water partition coefficient (Wildman–Crippen LogP) is 6.35. The number of nitrogens with zero attached hydrogens (tertiary/aromatic N) is 1. The van der Waals surface area contributed by atoms with Crippen molar-refractivity contribution in [1.29, 1.82) is 0 Å². The van der Waals surface area contributed by atoms with Gasteiger partial charge in [-0.2, -0.15) is 0 Å². The van der Waals surface area contributed by atoms with E-state index in [9.17, 15) is 0 Å². The molecule has 0 fully saturated rings. The molecule has 0 aromatic heterocycles. The number of rotatable bonds is 17. The van der Waals surface area contributed by atoms with Crippen molar-refractivity contribution >= 4 is 10.2 Å². The Balaban J connectivity index is 3.33. The van der Waals surface area contributed by atoms with Gasteiger partial charge < -0.3 is 4.90 Å². The van der Waals surface area contributed by atoms with Crippen molar-refractivity contribution in [2.75, 3.05) is 14.1 Å². The van der Waals surface area contributed by atoms with Gasteiger partial charge in [0.15, 0.2) is 0 Å². The van der Waals surface area contributed by atoms with Gasteiger partial charge >= 0.3 is 0 Å². The predicted molar refractivity (Wildman–Crippen MR) is 116 cm³/mol. The Kier molecular flexibility index (Phi) is 15.5. The largest absolute Gasteiger partial charge is 0.306 e. The lowest BCUT2D eigenvalue weighted by Crippen LogP contribution is -2.37. The van der Waals surface area contributed by atoms with E-state index >= 15 is 0 Å². The summed E-state index contributed by atoms with van der Waals surface area (Å²) in [7, 11) is 5.80. The van der Waals surface area contributed by atoms with Crippen molar-refractivity contribution in [2.24, 2.45) is 0 Å². The minimum atomic E-state index is 0.542. The fraction of sp³-hybridized carbons (Fsp3) is 1.00. The lowest BCUT2D eigenvalue weighted by Gasteiger charge is -2.36. The normalized spacial score (nSPS) is 13.8. The van der Waals surface area contributed by atoms with E-state index in [2.05, 4.69) is 39.8 Å². The SMILES string of the molecule is CCCCCCCCCCCCCCCCC(N(C)C)C(C)(C)[SiH3]. The van der Waals surface area contributed by atoms with Crippen LogP contribution in [0.3, 0.4) is 0 Å². The highest BCUT2D eigenvalue weighted by Gasteiger charge is 2.25. The zero-order valence-electron chi connectivity index (χ0n) is 18.1. The van der Waals surface area contributed by atoms with Crippen molar-refractivity contribution in [2.45, 2.75) is 128 Å². The molecule has 24 heavy (non-hydrogen) atoms. The summed E-state index contributed by atoms with van der Waals surface area (Å²) in [5.74, 6) is 0. The minimum absolute atomic E-state index is 0.542. The summed E-state index contributed by atoms with van der Waals surface area (Å²) in [5, 5.41) is 0.542. The van der Waals surface area contributed by atoms with Crippen molar-refractivity contribution in [3.8, 4) is 0 Å². The third-order valence-electron chi connectivity index (χ3n) is 5.45. The highest BCUT2D eigenvalue weighted by atomic mass is 28.1. The molecule has 0 aromatic rings. The highest BCUT2D eigenvalue weighted by Crippen LogP contribution is 2.31. The molecular weight excluding hydrogens is 306 g/mol. The number of hydrogen-bond acceptors (Lipinski definition) is 1. The van der Waals surface area contributed by atoms with Crippen LogP contribution in [0.2, 0.25) is 5.04 Å². The van der Waals surface area contributed by atoms with E-state index in [4.69, 9.17) is 0 Å². The van der Waals surface area contributed by atoms with Crippen molar-refractivity contribution in [1.82, 2.24) is 4.90 Å². The minimum Gasteiger partial charge on any atom is -0.306 e. The van der Waals surface area contributed by atoms with Crippen molar-refractivity contribution in [3.63, 3.8) is 0 Å². The molecule has 146 valence electrons. The Morgan fingerprint density at radius 1 is 0.667 bits per heavy atom. The van der Waals surface area contributed by atoms with Crippen LogP contribution in [0.5, 0.6) is 0 Å². The van der Waals surface area contributed by atoms with E-state index in [1.54, 1.807) is 0 Å². The second kappa shape index (κ2) is 15.4. The maximum Gasteiger partial charge on any atom is 0.0119 e. The first-order valence-corrected chi connectivity index (χ1v) is 12.1. The second-order valence-electron chi connectivity index (χ2n) is 9.23. The van der Waals surface area contributed by atoms with Gasteiger partial charge in [-0.1, -0.05) is 111 Å². The Morgan fingerprint density at radius 2 is 1.00 bits per heavy atom. The lowest BCUT2D eigenvalue weighted by atomic mass is 9.95. The summed E-state index contributed by atoms with van der Waals surface area (Å²) < 4.78 is 0. The van der Waals surface area contributed by atoms with Crippen LogP contribution < -0.4 is 0 Å². The van der Waals surface area contributed by atoms with Gasteiger partial charge in [-0.25, -0.2) is 0 Å². The number of unbranched alkanes of at least 4 members (excludes halogenated alkanes) is 13. The molecule has 0 rings (SSSR count). The first-order chi connectivity index (χ1) is 11.4. The summed E-state index contributed by atoms with van der Waals surface area (Å²) in [6, 6.07) is 0.779. The Morgan fingerprint density at radius 3 is 1.29 bits per heavy atom. The average Bonchev–Trinajstić information content (AvgIpc) is 2.49. The fourth-order valence-corrected chi connectivity index (χ4v) is 4.80. The Hall–Kier alpha value is 0.177. The molecule has 0 N–H and O–H groups in total. The van der Waals surface area contributed by atoms with E-state index in [0.29, 0.717) is 5.04 Å². The molecule has 0 saturated heterocycles. The summed E-state index contributed by atoms with van der Waals surface area (Å²) in [5.41, 5.74) is 0. The summed E-state index contributed by atoms with van der Waals surface area (Å²) in [6.07, 6.45) is 21.8. The van der Waals surface area contributed by atoms with Gasteiger partial charge in [0.05, 0.1) is 0 Å². The maximum atomic E-state index is 2.45. The van der Waals surface area contributed by atoms with Gasteiger partial charge in [0.1, 0.15) is 0 Å². The molecule has 2 heteroatoms. The van der Waals surface area contributed by atoms with E-state index in [1.165, 1.54) is 107 Å². The molecule has 1 nitrogen and oxygen atoms in total. The first kappa shape index (κ1) is 24.2. The first-order valence-electron chi connectivity index (χ1n) is 11.1. The number of hydrogen-bond donors (Lipinski definition) is 0. The van der Waals surface area contributed by atoms with Crippen LogP contribution in [0.25, 0.3) is 0 Å². The van der Waals surface area contributed by atoms with Crippen LogP contribution in [0.15, 0.2) is 0 Å². The molecule has 1 atom stereocenters. The molecule has 0 aliphatic rings. The van der Waals surface area contributed by atoms with Gasteiger partial charge in [-0.15, -0.1) is 0 Å². The van der Waals surface area contributed by atoms with Crippen LogP contribution in [0, 0.1) is 0 Å². The summed E-state index contributed by atoms with van der Waals surface area (Å²) in [6.45, 7) is 7.17. The van der Waals surface area contributed by atoms with Crippen LogP contribution in [-0.4, -0.2) is 35.3 Å². The smallest absolute Gasteiger partial charge is 0.0119 e. The van der Waals surface area contributed by atoms with E-state index in [1.807, 2.05) is 0 Å². The van der Waals surface area contributed by atoms with Crippen LogP contribution in [0.1, 0.15) is 117 Å². The van der Waals surface area contributed by atoms with Gasteiger partial charge in [0.2, 0.25) is 0 Å². The topological polar surface area (TPSA) is 3.24 Å². The average molecular weight is 356 g/mol. The molecule has 0 saturated carbocycles. The molecule has 0 aliphatic heterocycles. The standard InChI is InChI=1S/C22H49NSi/c1-6-7-8-9-10-11-12-13-14-15-16-17-18-19-20-21(23(4)5)22(2,3)24/h21H,6-20H2,1-5,24H3. The van der Waals surface area contributed by atoms with Crippen LogP contribution in [0.4, 0.5) is 0 Å². The second-order valence-corrected chi connectivity index (χ2v) is 11.8. The summed E-state index contributed by atoms with van der Waals surface area (Å²) in [4.78, 5) is 2.45. The van der Waals surface area contributed by atoms with Gasteiger partial charge in [0.25, 0.3) is 0 Å². The van der Waals surface area contributed by atoms with Gasteiger partial charge in [-0.3, -0.25) is 0 Å². The molecule has 0 aromatic carbocycles. The Bertz CT molecular complexity index is 257. The van der Waals surface area contributed by atoms with E-state index in [0.717, 1.165) is 6.04 Å². The third kappa shape index (κ3) is 14.5. The molecule has 0 spiro atoms. The lowest BCUT2D eigenvalue weighted by molar-refractivity contribution is 0.223. The molecular formula is C22H49NSi. The maximum absolute atomic E-state index is 2.45. The van der Waals surface area contributed by atoms with Crippen molar-refractivity contribution in [3.05, 3.63) is 0 Å². The molecule has 0 radical (unpaired) electrons. The quantitative estimate of drug-likeness (QED) is 0.217. The van der Waals surface area contributed by atoms with Crippen LogP contribution >= 0.6 is 0 Å². The Labute approximate surface area is 157 Å². The zero-order chi connectivity index (χ0) is 18.3.